The van der Waals surface area contributed by atoms with Crippen LogP contribution in [0.2, 0.25) is 0 Å². The minimum absolute atomic E-state index is 0.193. The third-order valence-electron chi connectivity index (χ3n) is 5.06. The Hall–Kier alpha value is -2.55. The summed E-state index contributed by atoms with van der Waals surface area (Å²) >= 11 is 0. The van der Waals surface area contributed by atoms with Gasteiger partial charge in [0.25, 0.3) is 0 Å². The molecule has 1 fully saturated rings. The topological polar surface area (TPSA) is 87.5 Å². The molecule has 1 aromatic carbocycles. The van der Waals surface area contributed by atoms with Crippen LogP contribution in [0.25, 0.3) is 0 Å². The number of carbonyl (C=O) groups excluding carboxylic acids is 1. The van der Waals surface area contributed by atoms with Crippen LogP contribution < -0.4 is 9.62 Å². The number of aryl methyl sites for hydroxylation is 2. The molecule has 0 radical (unpaired) electrons. The van der Waals surface area contributed by atoms with Crippen molar-refractivity contribution in [3.8, 4) is 0 Å². The van der Waals surface area contributed by atoms with Gasteiger partial charge in [0.05, 0.1) is 5.69 Å². The highest BCUT2D eigenvalue weighted by atomic mass is 32.2. The van der Waals surface area contributed by atoms with Gasteiger partial charge in [0.15, 0.2) is 5.82 Å². The van der Waals surface area contributed by atoms with Crippen molar-refractivity contribution in [2.45, 2.75) is 18.6 Å². The van der Waals surface area contributed by atoms with Gasteiger partial charge in [-0.05, 0) is 25.0 Å². The highest BCUT2D eigenvalue weighted by molar-refractivity contribution is 7.93. The molecule has 2 aliphatic heterocycles. The van der Waals surface area contributed by atoms with E-state index in [9.17, 15) is 13.2 Å². The number of carbonyl (C=O) groups is 1. The van der Waals surface area contributed by atoms with Gasteiger partial charge in [-0.25, -0.2) is 13.2 Å². The number of nitrogens with zero attached hydrogens (tertiary/aromatic N) is 4. The van der Waals surface area contributed by atoms with Crippen molar-refractivity contribution in [1.29, 1.82) is 0 Å². The third-order valence-corrected chi connectivity index (χ3v) is 7.19. The van der Waals surface area contributed by atoms with Crippen LogP contribution >= 0.6 is 0 Å². The number of hydrogen-bond donors (Lipinski definition) is 1. The lowest BCUT2D eigenvalue weighted by Gasteiger charge is -2.40. The van der Waals surface area contributed by atoms with Gasteiger partial charge in [0.2, 0.25) is 10.0 Å². The Balaban J connectivity index is 1.40. The first-order chi connectivity index (χ1) is 12.4. The van der Waals surface area contributed by atoms with Gasteiger partial charge in [-0.2, -0.15) is 5.10 Å². The smallest absolute Gasteiger partial charge is 0.322 e. The molecule has 4 rings (SSSR count). The van der Waals surface area contributed by atoms with Gasteiger partial charge in [0, 0.05) is 38.4 Å². The molecular formula is C17H21N5O3S. The number of nitrogens with one attached hydrogen (secondary N) is 1. The standard InChI is InChI=1S/C17H21N5O3S/c1-12-9-16(19-20(12)2)18-17(23)21-10-14(11-21)26(24,25)22-8-7-13-5-3-4-6-15(13)22/h3-6,9,14H,7-8,10-11H2,1-2H3,(H,18,19,23). The van der Waals surface area contributed by atoms with Gasteiger partial charge in [-0.3, -0.25) is 14.3 Å². The highest BCUT2D eigenvalue weighted by Gasteiger charge is 2.44. The van der Waals surface area contributed by atoms with E-state index >= 15 is 0 Å². The largest absolute Gasteiger partial charge is 0.323 e. The minimum atomic E-state index is -3.47. The normalized spacial score (nSPS) is 17.2. The molecular weight excluding hydrogens is 354 g/mol. The Morgan fingerprint density at radius 2 is 2.00 bits per heavy atom. The number of para-hydroxylation sites is 1. The number of anilines is 2. The monoisotopic (exact) mass is 375 g/mol. The first-order valence-corrected chi connectivity index (χ1v) is 10.0. The first kappa shape index (κ1) is 16.9. The summed E-state index contributed by atoms with van der Waals surface area (Å²) in [6.45, 7) is 2.75. The molecule has 0 bridgehead atoms. The Morgan fingerprint density at radius 3 is 2.69 bits per heavy atom. The molecule has 138 valence electrons. The van der Waals surface area contributed by atoms with Gasteiger partial charge in [0.1, 0.15) is 5.25 Å². The molecule has 1 saturated heterocycles. The number of sulfonamides is 1. The molecule has 2 aromatic rings. The van der Waals surface area contributed by atoms with Crippen molar-refractivity contribution in [3.05, 3.63) is 41.6 Å². The average Bonchev–Trinajstić information content (AvgIpc) is 3.09. The molecule has 0 aliphatic carbocycles. The molecule has 3 heterocycles. The van der Waals surface area contributed by atoms with E-state index in [1.165, 1.54) is 9.21 Å². The van der Waals surface area contributed by atoms with Crippen LogP contribution in [0.3, 0.4) is 0 Å². The van der Waals surface area contributed by atoms with Gasteiger partial charge < -0.3 is 4.90 Å². The lowest BCUT2D eigenvalue weighted by molar-refractivity contribution is 0.182. The number of likely N-dealkylation sites (tertiary alicyclic amines) is 1. The number of benzene rings is 1. The van der Waals surface area contributed by atoms with Crippen molar-refractivity contribution >= 4 is 27.6 Å². The van der Waals surface area contributed by atoms with E-state index in [1.54, 1.807) is 17.8 Å². The van der Waals surface area contributed by atoms with Crippen LogP contribution in [0, 0.1) is 6.92 Å². The van der Waals surface area contributed by atoms with E-state index in [2.05, 4.69) is 10.4 Å². The van der Waals surface area contributed by atoms with Gasteiger partial charge >= 0.3 is 6.03 Å². The second-order valence-electron chi connectivity index (χ2n) is 6.75. The fourth-order valence-electron chi connectivity index (χ4n) is 3.35. The number of hydrogen-bond acceptors (Lipinski definition) is 4. The fourth-order valence-corrected chi connectivity index (χ4v) is 5.25. The summed E-state index contributed by atoms with van der Waals surface area (Å²) in [7, 11) is -1.67. The van der Waals surface area contributed by atoms with Crippen molar-refractivity contribution in [1.82, 2.24) is 14.7 Å². The predicted octanol–water partition coefficient (Wildman–Crippen LogP) is 1.34. The molecule has 26 heavy (non-hydrogen) atoms. The summed E-state index contributed by atoms with van der Waals surface area (Å²) in [5.41, 5.74) is 2.74. The van der Waals surface area contributed by atoms with Crippen LogP contribution in [0.1, 0.15) is 11.3 Å². The molecule has 0 spiro atoms. The maximum absolute atomic E-state index is 12.9. The van der Waals surface area contributed by atoms with E-state index in [0.29, 0.717) is 12.4 Å². The van der Waals surface area contributed by atoms with E-state index in [-0.39, 0.29) is 19.1 Å². The predicted molar refractivity (Wildman–Crippen MR) is 98.7 cm³/mol. The quantitative estimate of drug-likeness (QED) is 0.877. The lowest BCUT2D eigenvalue weighted by atomic mass is 10.2. The second kappa shape index (κ2) is 6.01. The van der Waals surface area contributed by atoms with Crippen LogP contribution in [0.4, 0.5) is 16.3 Å². The number of fused-ring (bicyclic) bond motifs is 1. The summed E-state index contributed by atoms with van der Waals surface area (Å²) in [4.78, 5) is 13.8. The Kier molecular flexibility index (Phi) is 3.91. The zero-order chi connectivity index (χ0) is 18.5. The molecule has 1 N–H and O–H groups in total. The van der Waals surface area contributed by atoms with Crippen molar-refractivity contribution in [2.24, 2.45) is 7.05 Å². The molecule has 0 unspecified atom stereocenters. The van der Waals surface area contributed by atoms with Crippen LogP contribution in [-0.4, -0.2) is 54.0 Å². The third kappa shape index (κ3) is 2.72. The Labute approximate surface area is 152 Å². The first-order valence-electron chi connectivity index (χ1n) is 8.52. The molecule has 2 amide bonds. The van der Waals surface area contributed by atoms with Crippen molar-refractivity contribution in [2.75, 3.05) is 29.3 Å². The number of rotatable bonds is 3. The van der Waals surface area contributed by atoms with Crippen molar-refractivity contribution in [3.63, 3.8) is 0 Å². The van der Waals surface area contributed by atoms with Crippen LogP contribution in [0.15, 0.2) is 30.3 Å². The van der Waals surface area contributed by atoms with Crippen LogP contribution in [-0.2, 0) is 23.5 Å². The Bertz CT molecular complexity index is 943. The molecule has 0 saturated carbocycles. The molecule has 8 nitrogen and oxygen atoms in total. The summed E-state index contributed by atoms with van der Waals surface area (Å²) in [5, 5.41) is 6.32. The molecule has 2 aliphatic rings. The fraction of sp³-hybridized carbons (Fsp3) is 0.412. The summed E-state index contributed by atoms with van der Waals surface area (Å²) in [6, 6.07) is 9.02. The SMILES string of the molecule is Cc1cc(NC(=O)N2CC(S(=O)(=O)N3CCc4ccccc43)C2)nn1C. The van der Waals surface area contributed by atoms with E-state index in [4.69, 9.17) is 0 Å². The number of urea groups is 1. The molecule has 0 atom stereocenters. The highest BCUT2D eigenvalue weighted by Crippen LogP contribution is 2.33. The summed E-state index contributed by atoms with van der Waals surface area (Å²) in [6.07, 6.45) is 0.728. The number of amides is 2. The Morgan fingerprint density at radius 1 is 1.27 bits per heavy atom. The lowest BCUT2D eigenvalue weighted by Crippen LogP contribution is -2.60. The van der Waals surface area contributed by atoms with E-state index in [1.807, 2.05) is 31.2 Å². The van der Waals surface area contributed by atoms with Crippen LogP contribution in [0.5, 0.6) is 0 Å². The maximum atomic E-state index is 12.9. The summed E-state index contributed by atoms with van der Waals surface area (Å²) < 4.78 is 29.0. The zero-order valence-electron chi connectivity index (χ0n) is 14.7. The maximum Gasteiger partial charge on any atom is 0.323 e. The average molecular weight is 375 g/mol. The van der Waals surface area contributed by atoms with E-state index in [0.717, 1.165) is 23.4 Å². The molecule has 1 aromatic heterocycles. The minimum Gasteiger partial charge on any atom is -0.322 e. The van der Waals surface area contributed by atoms with E-state index < -0.39 is 15.3 Å². The van der Waals surface area contributed by atoms with Crippen molar-refractivity contribution < 1.29 is 13.2 Å². The number of aromatic nitrogens is 2. The zero-order valence-corrected chi connectivity index (χ0v) is 15.5. The van der Waals surface area contributed by atoms with Gasteiger partial charge in [-0.1, -0.05) is 18.2 Å². The second-order valence-corrected chi connectivity index (χ2v) is 8.88. The van der Waals surface area contributed by atoms with Gasteiger partial charge in [-0.15, -0.1) is 0 Å². The summed E-state index contributed by atoms with van der Waals surface area (Å²) in [5.74, 6) is 0.467. The molecule has 9 heteroatoms.